The van der Waals surface area contributed by atoms with Gasteiger partial charge in [0, 0.05) is 31.7 Å². The highest BCUT2D eigenvalue weighted by Crippen LogP contribution is 2.38. The largest absolute Gasteiger partial charge is 0.417 e. The van der Waals surface area contributed by atoms with Crippen LogP contribution >= 0.6 is 0 Å². The Morgan fingerprint density at radius 3 is 2.36 bits per heavy atom. The summed E-state index contributed by atoms with van der Waals surface area (Å²) in [6, 6.07) is 5.26. The van der Waals surface area contributed by atoms with Crippen molar-refractivity contribution in [3.8, 4) is 5.82 Å². The van der Waals surface area contributed by atoms with Gasteiger partial charge in [-0.3, -0.25) is 14.6 Å². The smallest absolute Gasteiger partial charge is 0.300 e. The molecule has 10 heteroatoms. The molecule has 0 spiro atoms. The summed E-state index contributed by atoms with van der Waals surface area (Å²) in [6.07, 6.45) is -0.406. The Morgan fingerprint density at radius 2 is 1.79 bits per heavy atom. The summed E-state index contributed by atoms with van der Waals surface area (Å²) in [5, 5.41) is 4.09. The number of pyridine rings is 2. The molecule has 33 heavy (non-hydrogen) atoms. The lowest BCUT2D eigenvalue weighted by Gasteiger charge is -2.28. The minimum absolute atomic E-state index is 0.00196. The molecule has 0 N–H and O–H groups in total. The Balaban J connectivity index is 1.47. The number of aromatic nitrogens is 4. The Bertz CT molecular complexity index is 1170. The van der Waals surface area contributed by atoms with Crippen LogP contribution < -0.4 is 0 Å². The minimum atomic E-state index is -4.49. The molecule has 3 heterocycles. The summed E-state index contributed by atoms with van der Waals surface area (Å²) in [7, 11) is 0. The van der Waals surface area contributed by atoms with Crippen LogP contribution in [0, 0.1) is 6.92 Å². The number of carbonyl (C=O) groups is 2. The van der Waals surface area contributed by atoms with Crippen molar-refractivity contribution < 1.29 is 27.2 Å². The second kappa shape index (κ2) is 8.49. The zero-order chi connectivity index (χ0) is 23.8. The lowest BCUT2D eigenvalue weighted by atomic mass is 9.83. The quantitative estimate of drug-likeness (QED) is 0.407. The minimum Gasteiger partial charge on any atom is -0.300 e. The number of ketones is 2. The van der Waals surface area contributed by atoms with E-state index in [1.54, 1.807) is 19.1 Å². The number of hydrogen-bond acceptors (Lipinski definition) is 5. The summed E-state index contributed by atoms with van der Waals surface area (Å²) in [6.45, 7) is 1.62. The van der Waals surface area contributed by atoms with Gasteiger partial charge in [-0.25, -0.2) is 14.1 Å². The Morgan fingerprint density at radius 1 is 1.06 bits per heavy atom. The number of hydrogen-bond donors (Lipinski definition) is 0. The van der Waals surface area contributed by atoms with Crippen molar-refractivity contribution in [2.24, 2.45) is 0 Å². The number of carbonyl (C=O) groups excluding carboxylic acids is 2. The number of nitrogens with zero attached hydrogens (tertiary/aromatic N) is 4. The predicted molar refractivity (Wildman–Crippen MR) is 110 cm³/mol. The van der Waals surface area contributed by atoms with E-state index in [0.717, 1.165) is 6.07 Å². The molecule has 1 aliphatic rings. The van der Waals surface area contributed by atoms with Crippen LogP contribution in [0.5, 0.6) is 0 Å². The molecule has 4 rings (SSSR count). The zero-order valence-corrected chi connectivity index (χ0v) is 17.7. The molecular formula is C23H20F4N4O2. The molecule has 0 aliphatic heterocycles. The van der Waals surface area contributed by atoms with Crippen molar-refractivity contribution in [2.75, 3.05) is 0 Å². The SMILES string of the molecule is Cc1c(C(=O)Cc2ccc(C3(F)CCC(=O)CC3)nc2)cnn1-c1ccc(C(F)(F)F)cn1. The molecule has 0 aromatic carbocycles. The van der Waals surface area contributed by atoms with Gasteiger partial charge < -0.3 is 0 Å². The molecule has 0 atom stereocenters. The van der Waals surface area contributed by atoms with Gasteiger partial charge >= 0.3 is 6.18 Å². The van der Waals surface area contributed by atoms with Gasteiger partial charge in [0.1, 0.15) is 5.78 Å². The van der Waals surface area contributed by atoms with Gasteiger partial charge in [0.05, 0.1) is 28.7 Å². The van der Waals surface area contributed by atoms with Crippen LogP contribution in [0.4, 0.5) is 17.6 Å². The molecule has 0 saturated heterocycles. The second-order valence-corrected chi connectivity index (χ2v) is 8.11. The average molecular weight is 460 g/mol. The Labute approximate surface area is 186 Å². The van der Waals surface area contributed by atoms with Gasteiger partial charge in [-0.1, -0.05) is 6.07 Å². The van der Waals surface area contributed by atoms with Crippen molar-refractivity contribution >= 4 is 11.6 Å². The molecule has 1 fully saturated rings. The van der Waals surface area contributed by atoms with Crippen LogP contribution in [0.1, 0.15) is 58.6 Å². The summed E-state index contributed by atoms with van der Waals surface area (Å²) in [5.41, 5.74) is -0.941. The van der Waals surface area contributed by atoms with Crippen molar-refractivity contribution in [2.45, 2.75) is 50.9 Å². The first-order chi connectivity index (χ1) is 15.6. The monoisotopic (exact) mass is 460 g/mol. The van der Waals surface area contributed by atoms with E-state index in [2.05, 4.69) is 15.1 Å². The summed E-state index contributed by atoms with van der Waals surface area (Å²) in [5.74, 6) is -0.0592. The maximum atomic E-state index is 15.1. The van der Waals surface area contributed by atoms with Crippen LogP contribution in [0.2, 0.25) is 0 Å². The first kappa shape index (κ1) is 22.8. The highest BCUT2D eigenvalue weighted by Gasteiger charge is 2.37. The van der Waals surface area contributed by atoms with E-state index in [-0.39, 0.29) is 55.2 Å². The summed E-state index contributed by atoms with van der Waals surface area (Å²) < 4.78 is 54.6. The fourth-order valence-electron chi connectivity index (χ4n) is 3.85. The van der Waals surface area contributed by atoms with Gasteiger partial charge in [-0.15, -0.1) is 0 Å². The highest BCUT2D eigenvalue weighted by molar-refractivity contribution is 5.98. The average Bonchev–Trinajstić information content (AvgIpc) is 3.17. The number of Topliss-reactive ketones (excluding diaryl/α,β-unsaturated/α-hetero) is 2. The fourth-order valence-corrected chi connectivity index (χ4v) is 3.85. The van der Waals surface area contributed by atoms with Crippen LogP contribution in [0.15, 0.2) is 42.9 Å². The summed E-state index contributed by atoms with van der Waals surface area (Å²) in [4.78, 5) is 32.2. The van der Waals surface area contributed by atoms with Gasteiger partial charge in [-0.2, -0.15) is 18.3 Å². The lowest BCUT2D eigenvalue weighted by molar-refractivity contribution is -0.137. The van der Waals surface area contributed by atoms with Gasteiger partial charge in [0.25, 0.3) is 0 Å². The first-order valence-corrected chi connectivity index (χ1v) is 10.3. The van der Waals surface area contributed by atoms with E-state index in [4.69, 9.17) is 0 Å². The molecule has 0 radical (unpaired) electrons. The van der Waals surface area contributed by atoms with Crippen LogP contribution in [0.3, 0.4) is 0 Å². The molecule has 3 aromatic rings. The van der Waals surface area contributed by atoms with E-state index in [0.29, 0.717) is 23.0 Å². The number of rotatable bonds is 5. The molecule has 0 unspecified atom stereocenters. The van der Waals surface area contributed by atoms with Crippen LogP contribution in [-0.2, 0) is 23.1 Å². The number of halogens is 4. The van der Waals surface area contributed by atoms with E-state index in [9.17, 15) is 22.8 Å². The molecule has 0 amide bonds. The molecule has 0 bridgehead atoms. The Kier molecular flexibility index (Phi) is 5.85. The topological polar surface area (TPSA) is 77.7 Å². The van der Waals surface area contributed by atoms with Crippen molar-refractivity contribution in [3.63, 3.8) is 0 Å². The third-order valence-electron chi connectivity index (χ3n) is 5.85. The predicted octanol–water partition coefficient (Wildman–Crippen LogP) is 4.72. The standard InChI is InChI=1S/C23H20F4N4O2/c1-14-18(13-30-31(14)21-5-3-16(12-29-21)23(25,26)27)19(33)10-15-2-4-20(28-11-15)22(24)8-6-17(32)7-9-22/h2-5,11-13H,6-10H2,1H3. The van der Waals surface area contributed by atoms with E-state index in [1.807, 2.05) is 0 Å². The molecule has 1 saturated carbocycles. The van der Waals surface area contributed by atoms with Gasteiger partial charge in [-0.05, 0) is 43.5 Å². The normalized spacial score (nSPS) is 16.1. The van der Waals surface area contributed by atoms with Crippen molar-refractivity contribution in [3.05, 3.63) is 70.9 Å². The maximum Gasteiger partial charge on any atom is 0.417 e. The zero-order valence-electron chi connectivity index (χ0n) is 17.7. The molecule has 1 aliphatic carbocycles. The van der Waals surface area contributed by atoms with Gasteiger partial charge in [0.2, 0.25) is 0 Å². The van der Waals surface area contributed by atoms with E-state index in [1.165, 1.54) is 23.1 Å². The second-order valence-electron chi connectivity index (χ2n) is 8.11. The molecule has 6 nitrogen and oxygen atoms in total. The lowest BCUT2D eigenvalue weighted by Crippen LogP contribution is -2.28. The summed E-state index contributed by atoms with van der Waals surface area (Å²) >= 11 is 0. The van der Waals surface area contributed by atoms with Gasteiger partial charge in [0.15, 0.2) is 17.3 Å². The highest BCUT2D eigenvalue weighted by atomic mass is 19.4. The van der Waals surface area contributed by atoms with Crippen LogP contribution in [0.25, 0.3) is 5.82 Å². The van der Waals surface area contributed by atoms with E-state index >= 15 is 4.39 Å². The molecular weight excluding hydrogens is 440 g/mol. The number of alkyl halides is 4. The van der Waals surface area contributed by atoms with E-state index < -0.39 is 17.4 Å². The van der Waals surface area contributed by atoms with Crippen molar-refractivity contribution in [1.29, 1.82) is 0 Å². The van der Waals surface area contributed by atoms with Crippen molar-refractivity contribution in [1.82, 2.24) is 19.7 Å². The maximum absolute atomic E-state index is 15.1. The molecule has 3 aromatic heterocycles. The first-order valence-electron chi connectivity index (χ1n) is 10.3. The Hall–Kier alpha value is -3.43. The molecule has 172 valence electrons. The van der Waals surface area contributed by atoms with Crippen LogP contribution in [-0.4, -0.2) is 31.3 Å². The third kappa shape index (κ3) is 4.69. The third-order valence-corrected chi connectivity index (χ3v) is 5.85. The fraction of sp³-hybridized carbons (Fsp3) is 0.348.